The largest absolute Gasteiger partial charge is 0.396 e. The van der Waals surface area contributed by atoms with Gasteiger partial charge in [0.05, 0.1) is 69.9 Å². The molecular weight excluding hydrogens is 2220 g/mol. The van der Waals surface area contributed by atoms with Gasteiger partial charge in [0.2, 0.25) is 10.0 Å². The van der Waals surface area contributed by atoms with Gasteiger partial charge in [-0.15, -0.1) is 34.8 Å². The molecule has 0 aliphatic carbocycles. The molecule has 0 aromatic rings. The fourth-order valence-corrected chi connectivity index (χ4v) is 12.5. The summed E-state index contributed by atoms with van der Waals surface area (Å²) >= 11 is 25.8. The van der Waals surface area contributed by atoms with E-state index >= 15 is 0 Å². The van der Waals surface area contributed by atoms with Crippen LogP contribution < -0.4 is 4.72 Å². The number of aliphatic hydroxyl groups is 10. The molecule has 0 fully saturated rings. The van der Waals surface area contributed by atoms with Crippen molar-refractivity contribution in [2.45, 2.75) is 630 Å². The Morgan fingerprint density at radius 3 is 0.812 bits per heavy atom. The minimum Gasteiger partial charge on any atom is -0.396 e. The van der Waals surface area contributed by atoms with Crippen molar-refractivity contribution >= 4 is 99.3 Å². The molecule has 0 aliphatic heterocycles. The van der Waals surface area contributed by atoms with Gasteiger partial charge in [0.1, 0.15) is 0 Å². The summed E-state index contributed by atoms with van der Waals surface area (Å²) in [6.45, 7) is 78.4. The van der Waals surface area contributed by atoms with E-state index in [0.717, 1.165) is 250 Å². The monoisotopic (exact) mass is 2500 g/mol. The first-order valence-electron chi connectivity index (χ1n) is 60.8. The van der Waals surface area contributed by atoms with Crippen LogP contribution in [-0.2, 0) is 38.4 Å². The lowest BCUT2D eigenvalue weighted by atomic mass is 10.1. The molecule has 942 valence electrons. The zero-order valence-corrected chi connectivity index (χ0v) is 116. The van der Waals surface area contributed by atoms with Crippen molar-refractivity contribution in [2.75, 3.05) is 160 Å². The summed E-state index contributed by atoms with van der Waals surface area (Å²) in [7, 11) is 0.570. The molecule has 0 saturated carbocycles. The van der Waals surface area contributed by atoms with E-state index in [1.165, 1.54) is 177 Å². The Labute approximate surface area is 983 Å². The first-order chi connectivity index (χ1) is 71.6. The molecule has 0 heterocycles. The number of nitrogens with one attached hydrogen (secondary N) is 1. The quantitative estimate of drug-likeness (QED) is 0.0153. The molecule has 0 amide bonds. The van der Waals surface area contributed by atoms with Crippen molar-refractivity contribution < 1.29 is 96.7 Å². The lowest BCUT2D eigenvalue weighted by molar-refractivity contribution is 0.0877. The molecule has 5 unspecified atom stereocenters. The van der Waals surface area contributed by atoms with Gasteiger partial charge in [-0.25, -0.2) is 13.1 Å². The van der Waals surface area contributed by atoms with Crippen molar-refractivity contribution in [3.63, 3.8) is 0 Å². The van der Waals surface area contributed by atoms with Crippen molar-refractivity contribution in [3.05, 3.63) is 0 Å². The standard InChI is InChI=1S/C9H20O.C7H14Cl2.C7H16O.C6H15NO2S.C6H14O2.4C6H14O.C5H11Br.C5H11Cl.C5H11F.C5H12O2.3C5H12O.C4H9Br.C4H9F.C4H9I.2C4H10O.C3H8O.2C2H6/c1-4-6-7-8-9(5-2)10-3;1-2-4-7(9)5-3-6-8;1-3-5-6-7-8-4-2;1-4-6(5-2)7-10(3,8)9;1-2-3-5-8-6-4-7;1-4-6(5-2)7-3;1-3-5-6-7-4-2;1-3-5-6(7)4-2;1-2-3-4-5-6-7;3*1-2-3-4-5-6;1-2-3-5(7)4-6;1-3-4-5(2)6;2*1-2-3-4-5-6;3*1-2-3-4-5;1-3-5-4-2;1-2-3-4-5;1-2-3-4;2*1-2/h9H,4-8H2,1-3H3;7H,2-6H2,1H3;3-7H2,1-2H3;6-7H,4-5H2,1-3H3;7H,2-6H2,1H3;6H,4-5H2,1-3H3;3-6H2,1-2H3;6-7H,3-5H2,1-2H3;7H,2-6H2,1H3;3*2-5H2,1H3;5-7H,2-4H2,1H3;5-6H,3-4H2,1-2H3;2*6H,2-5H2,1H3;3*2-4H2,1H3;3-4H2,1-2H3;5H,2-4H2,1H3;4H,2-3H2,1H3;2*1-2H3. The third-order valence-corrected chi connectivity index (χ3v) is 22.2. The second kappa shape index (κ2) is 261. The molecule has 11 N–H and O–H groups in total. The second-order valence-electron chi connectivity index (χ2n) is 33.9. The molecule has 19 nitrogen and oxygen atoms in total. The maximum absolute atomic E-state index is 11.2. The summed E-state index contributed by atoms with van der Waals surface area (Å²) in [5.74, 6) is 1.57. The van der Waals surface area contributed by atoms with Gasteiger partial charge in [-0.2, -0.15) is 0 Å². The zero-order chi connectivity index (χ0) is 121. The normalized spacial score (nSPS) is 10.4. The number of methoxy groups -OCH3 is 2. The summed E-state index contributed by atoms with van der Waals surface area (Å²) in [5.41, 5.74) is 0. The number of unbranched alkanes of at least 4 members (excludes halogenated alkanes) is 23. The van der Waals surface area contributed by atoms with E-state index in [2.05, 4.69) is 191 Å². The van der Waals surface area contributed by atoms with Gasteiger partial charge in [-0.05, 0) is 212 Å². The van der Waals surface area contributed by atoms with Gasteiger partial charge >= 0.3 is 0 Å². The predicted molar refractivity (Wildman–Crippen MR) is 691 cm³/mol. The van der Waals surface area contributed by atoms with Crippen molar-refractivity contribution in [1.82, 2.24) is 4.72 Å². The predicted octanol–water partition coefficient (Wildman–Crippen LogP) is 38.1. The first-order valence-corrected chi connectivity index (χ1v) is 68.0. The molecule has 0 saturated heterocycles. The molecule has 0 rings (SSSR count). The molecule has 0 spiro atoms. The Bertz CT molecular complexity index is 1600. The summed E-state index contributed by atoms with van der Waals surface area (Å²) < 4.78 is 77.6. The highest BCUT2D eigenvalue weighted by Crippen LogP contribution is 2.13. The van der Waals surface area contributed by atoms with E-state index in [-0.39, 0.29) is 44.8 Å². The molecule has 0 aromatic heterocycles. The topological polar surface area (TPSA) is 304 Å². The number of ether oxygens (including phenoxy) is 6. The van der Waals surface area contributed by atoms with E-state index in [1.807, 2.05) is 104 Å². The van der Waals surface area contributed by atoms with Crippen molar-refractivity contribution in [2.24, 2.45) is 0 Å². The van der Waals surface area contributed by atoms with E-state index in [0.29, 0.717) is 63.6 Å². The fourth-order valence-electron chi connectivity index (χ4n) is 9.09. The van der Waals surface area contributed by atoms with Crippen LogP contribution >= 0.6 is 89.3 Å². The van der Waals surface area contributed by atoms with Crippen LogP contribution in [-0.4, -0.2) is 261 Å². The van der Waals surface area contributed by atoms with E-state index in [4.69, 9.17) is 114 Å². The van der Waals surface area contributed by atoms with Crippen LogP contribution in [0.2, 0.25) is 0 Å². The number of alkyl halides is 8. The summed E-state index contributed by atoms with van der Waals surface area (Å²) in [5, 5.41) is 85.8. The molecule has 0 aromatic carbocycles. The zero-order valence-electron chi connectivity index (χ0n) is 107. The summed E-state index contributed by atoms with van der Waals surface area (Å²) in [6, 6.07) is 0.106. The SMILES string of the molecule is CC.CC.CCC(CC)NS(C)(=O)=O.CCC(CC)OC.CCCC(C)O.CCCC(Cl)CCCCl.CCCC(O)CC.CCCC(O)CO.CCCCBr.CCCCCBr.CCCCCC(CC)OC.CCCCCCO.CCCCCCl.CCCCCF.CCCCCO.CCCCCO.CCCCCOCC.CCCCF.CCCCI.CCCCO.CCCCOCC.CCCCOCCO.CCCO.CCOCC. The van der Waals surface area contributed by atoms with Crippen LogP contribution in [0.1, 0.15) is 589 Å². The third-order valence-electron chi connectivity index (χ3n) is 18.6. The molecule has 0 bridgehead atoms. The van der Waals surface area contributed by atoms with Crippen LogP contribution in [0.15, 0.2) is 0 Å². The lowest BCUT2D eigenvalue weighted by Crippen LogP contribution is -2.32. The Morgan fingerprint density at radius 2 is 0.631 bits per heavy atom. The molecule has 149 heavy (non-hydrogen) atoms. The second-order valence-corrected chi connectivity index (χ2v) is 39.7. The third kappa shape index (κ3) is 406. The van der Waals surface area contributed by atoms with Crippen LogP contribution in [0.4, 0.5) is 8.78 Å². The number of aliphatic hydroxyl groups excluding tert-OH is 10. The highest BCUT2D eigenvalue weighted by atomic mass is 127. The Kier molecular flexibility index (Phi) is 368. The fraction of sp³-hybridized carbons (Fsp3) is 1.00. The number of rotatable bonds is 70. The van der Waals surface area contributed by atoms with Gasteiger partial charge in [0.15, 0.2) is 0 Å². The Morgan fingerprint density at radius 1 is 0.309 bits per heavy atom. The van der Waals surface area contributed by atoms with Crippen molar-refractivity contribution in [3.8, 4) is 0 Å². The molecule has 0 radical (unpaired) electrons. The number of halogens is 8. The molecule has 0 aliphatic rings. The lowest BCUT2D eigenvalue weighted by Gasteiger charge is -2.11. The van der Waals surface area contributed by atoms with Crippen molar-refractivity contribution in [1.29, 1.82) is 0 Å². The van der Waals surface area contributed by atoms with Crippen LogP contribution in [0.3, 0.4) is 0 Å². The Hall–Kier alpha value is 1.69. The van der Waals surface area contributed by atoms with Crippen LogP contribution in [0.5, 0.6) is 0 Å². The smallest absolute Gasteiger partial charge is 0.208 e. The molecule has 5 atom stereocenters. The Balaban J connectivity index is -0.0000000500. The van der Waals surface area contributed by atoms with Gasteiger partial charge in [-0.1, -0.05) is 435 Å². The van der Waals surface area contributed by atoms with Gasteiger partial charge < -0.3 is 79.5 Å². The number of sulfonamides is 1. The average Bonchev–Trinajstić information content (AvgIpc) is 0.944. The maximum Gasteiger partial charge on any atom is 0.208 e. The minimum atomic E-state index is -3.00. The molecular formula is C121H283Br2Cl3F2INO18S. The first kappa shape index (κ1) is 210. The number of hydrogen-bond donors (Lipinski definition) is 11. The summed E-state index contributed by atoms with van der Waals surface area (Å²) in [4.78, 5) is 0. The number of hydrogen-bond acceptors (Lipinski definition) is 18. The maximum atomic E-state index is 11.2. The average molecular weight is 2500 g/mol. The highest BCUT2D eigenvalue weighted by Gasteiger charge is 2.09. The van der Waals surface area contributed by atoms with Crippen LogP contribution in [0, 0.1) is 0 Å². The van der Waals surface area contributed by atoms with Crippen LogP contribution in [0.25, 0.3) is 0 Å². The summed E-state index contributed by atoms with van der Waals surface area (Å²) in [6.07, 6.45) is 63.3. The van der Waals surface area contributed by atoms with E-state index < -0.39 is 16.1 Å². The van der Waals surface area contributed by atoms with Gasteiger partial charge in [0, 0.05) is 127 Å². The van der Waals surface area contributed by atoms with E-state index in [9.17, 15) is 17.2 Å². The van der Waals surface area contributed by atoms with E-state index in [1.54, 1.807) is 14.2 Å². The minimum absolute atomic E-state index is 0.0509. The highest BCUT2D eigenvalue weighted by molar-refractivity contribution is 14.1. The van der Waals surface area contributed by atoms with Gasteiger partial charge in [0.25, 0.3) is 0 Å². The van der Waals surface area contributed by atoms with Gasteiger partial charge in [-0.3, -0.25) is 8.78 Å². The molecule has 28 heteroatoms.